The van der Waals surface area contributed by atoms with Crippen molar-refractivity contribution in [1.82, 2.24) is 10.2 Å². The Morgan fingerprint density at radius 2 is 1.58 bits per heavy atom. The minimum atomic E-state index is -0.604. The molecular weight excluding hydrogens is 397 g/mol. The molecule has 2 amide bonds. The number of hydrogen-bond donors (Lipinski definition) is 0. The second-order valence-electron chi connectivity index (χ2n) is 4.75. The van der Waals surface area contributed by atoms with Crippen LogP contribution in [0.3, 0.4) is 0 Å². The maximum atomic E-state index is 12.5. The molecule has 0 bridgehead atoms. The molecule has 0 radical (unpaired) electrons. The van der Waals surface area contributed by atoms with E-state index in [0.717, 1.165) is 4.90 Å². The monoisotopic (exact) mass is 399 g/mol. The largest absolute Gasteiger partial charge is 0.402 e. The van der Waals surface area contributed by atoms with E-state index in [1.807, 2.05) is 0 Å². The van der Waals surface area contributed by atoms with E-state index in [4.69, 9.17) is 39.2 Å². The van der Waals surface area contributed by atoms with Crippen molar-refractivity contribution >= 4 is 64.0 Å². The Morgan fingerprint density at radius 1 is 0.958 bits per heavy atom. The molecule has 1 aliphatic rings. The van der Waals surface area contributed by atoms with E-state index in [2.05, 4.69) is 10.2 Å². The van der Waals surface area contributed by atoms with Gasteiger partial charge >= 0.3 is 6.01 Å². The first-order valence-corrected chi connectivity index (χ1v) is 8.38. The van der Waals surface area contributed by atoms with Gasteiger partial charge in [-0.2, -0.15) is 4.90 Å². The number of hydrogen-bond acceptors (Lipinski definition) is 6. The number of aromatic nitrogens is 2. The summed E-state index contributed by atoms with van der Waals surface area (Å²) in [6.45, 7) is 0. The first-order valence-electron chi connectivity index (χ1n) is 6.43. The summed E-state index contributed by atoms with van der Waals surface area (Å²) in [4.78, 5) is 26.4. The lowest BCUT2D eigenvalue weighted by atomic mass is 10.1. The molecule has 0 atom stereocenters. The number of fused-ring (bicyclic) bond motifs is 1. The van der Waals surface area contributed by atoms with Crippen LogP contribution in [-0.2, 0) is 0 Å². The average molecular weight is 401 g/mol. The van der Waals surface area contributed by atoms with Crippen molar-refractivity contribution in [3.05, 3.63) is 49.8 Å². The van der Waals surface area contributed by atoms with Gasteiger partial charge in [0.15, 0.2) is 0 Å². The maximum Gasteiger partial charge on any atom is 0.333 e. The maximum absolute atomic E-state index is 12.5. The van der Waals surface area contributed by atoms with E-state index in [-0.39, 0.29) is 33.1 Å². The molecule has 10 heteroatoms. The second-order valence-corrected chi connectivity index (χ2v) is 7.28. The van der Waals surface area contributed by atoms with E-state index in [1.54, 1.807) is 12.1 Å². The molecule has 3 heterocycles. The zero-order valence-corrected chi connectivity index (χ0v) is 14.5. The highest BCUT2D eigenvalue weighted by Gasteiger charge is 2.40. The fourth-order valence-corrected chi connectivity index (χ4v) is 3.53. The van der Waals surface area contributed by atoms with Crippen molar-refractivity contribution in [2.24, 2.45) is 0 Å². The fourth-order valence-electron chi connectivity index (χ4n) is 2.24. The van der Waals surface area contributed by atoms with Crippen LogP contribution >= 0.6 is 46.1 Å². The third kappa shape index (κ3) is 2.32. The summed E-state index contributed by atoms with van der Waals surface area (Å²) in [6.07, 6.45) is 0. The smallest absolute Gasteiger partial charge is 0.333 e. The number of carbonyl (C=O) groups excluding carboxylic acids is 2. The van der Waals surface area contributed by atoms with Crippen LogP contribution < -0.4 is 4.90 Å². The number of amides is 2. The van der Waals surface area contributed by atoms with Crippen LogP contribution in [0.4, 0.5) is 6.01 Å². The van der Waals surface area contributed by atoms with Gasteiger partial charge in [0.1, 0.15) is 0 Å². The normalized spacial score (nSPS) is 13.7. The Labute approximate surface area is 153 Å². The average Bonchev–Trinajstić information content (AvgIpc) is 3.22. The predicted octanol–water partition coefficient (Wildman–Crippen LogP) is 4.56. The van der Waals surface area contributed by atoms with Gasteiger partial charge in [0.05, 0.1) is 30.4 Å². The topological polar surface area (TPSA) is 76.3 Å². The van der Waals surface area contributed by atoms with Gasteiger partial charge in [-0.05, 0) is 24.3 Å². The van der Waals surface area contributed by atoms with Crippen molar-refractivity contribution in [2.45, 2.75) is 0 Å². The second kappa shape index (κ2) is 5.56. The third-order valence-corrected chi connectivity index (χ3v) is 5.26. The summed E-state index contributed by atoms with van der Waals surface area (Å²) in [5.74, 6) is -1.05. The van der Waals surface area contributed by atoms with Gasteiger partial charge in [0.2, 0.25) is 0 Å². The van der Waals surface area contributed by atoms with E-state index in [9.17, 15) is 9.59 Å². The minimum Gasteiger partial charge on any atom is -0.402 e. The number of halogens is 3. The zero-order valence-electron chi connectivity index (χ0n) is 11.4. The van der Waals surface area contributed by atoms with Gasteiger partial charge < -0.3 is 4.42 Å². The molecule has 0 saturated heterocycles. The van der Waals surface area contributed by atoms with Crippen LogP contribution in [0.25, 0.3) is 10.8 Å². The molecule has 0 saturated carbocycles. The number of imide groups is 1. The number of anilines is 1. The molecular formula is C14H4Cl3N3O3S. The fraction of sp³-hybridized carbons (Fsp3) is 0. The third-order valence-electron chi connectivity index (χ3n) is 3.32. The summed E-state index contributed by atoms with van der Waals surface area (Å²) in [5.41, 5.74) is 0.265. The highest BCUT2D eigenvalue weighted by Crippen LogP contribution is 2.35. The van der Waals surface area contributed by atoms with Crippen molar-refractivity contribution in [1.29, 1.82) is 0 Å². The number of carbonyl (C=O) groups is 2. The van der Waals surface area contributed by atoms with Crippen LogP contribution in [0.2, 0.25) is 14.4 Å². The molecule has 6 nitrogen and oxygen atoms in total. The number of nitrogens with zero attached hydrogens (tertiary/aromatic N) is 3. The van der Waals surface area contributed by atoms with Crippen LogP contribution in [0.15, 0.2) is 28.7 Å². The number of benzene rings is 1. The molecule has 1 aromatic carbocycles. The molecule has 0 N–H and O–H groups in total. The summed E-state index contributed by atoms with van der Waals surface area (Å²) < 4.78 is 6.00. The van der Waals surface area contributed by atoms with Gasteiger partial charge in [-0.15, -0.1) is 16.4 Å². The predicted molar refractivity (Wildman–Crippen MR) is 90.2 cm³/mol. The van der Waals surface area contributed by atoms with Crippen LogP contribution in [-0.4, -0.2) is 22.0 Å². The Kier molecular flexibility index (Phi) is 3.61. The Balaban J connectivity index is 1.75. The van der Waals surface area contributed by atoms with Crippen molar-refractivity contribution in [2.75, 3.05) is 4.90 Å². The molecule has 0 unspecified atom stereocenters. The van der Waals surface area contributed by atoms with Crippen LogP contribution in [0, 0.1) is 0 Å². The number of thiophene rings is 1. The Hall–Kier alpha value is -1.93. The zero-order chi connectivity index (χ0) is 17.0. The van der Waals surface area contributed by atoms with Crippen molar-refractivity contribution < 1.29 is 14.0 Å². The van der Waals surface area contributed by atoms with Crippen LogP contribution in [0.5, 0.6) is 0 Å². The quantitative estimate of drug-likeness (QED) is 0.589. The van der Waals surface area contributed by atoms with Gasteiger partial charge in [-0.25, -0.2) is 0 Å². The molecule has 3 aromatic rings. The highest BCUT2D eigenvalue weighted by atomic mass is 35.5. The first-order chi connectivity index (χ1) is 11.5. The minimum absolute atomic E-state index is 0.133. The molecule has 0 fully saturated rings. The van der Waals surface area contributed by atoms with Gasteiger partial charge in [-0.1, -0.05) is 39.9 Å². The molecule has 24 heavy (non-hydrogen) atoms. The SMILES string of the molecule is O=C1c2cc(Cl)c(Cl)cc2C(=O)N1c1nnc(-c2ccc(Cl)s2)o1. The van der Waals surface area contributed by atoms with Gasteiger partial charge in [-0.3, -0.25) is 9.59 Å². The van der Waals surface area contributed by atoms with E-state index in [1.165, 1.54) is 23.5 Å². The van der Waals surface area contributed by atoms with Crippen molar-refractivity contribution in [3.8, 4) is 10.8 Å². The van der Waals surface area contributed by atoms with Crippen molar-refractivity contribution in [3.63, 3.8) is 0 Å². The van der Waals surface area contributed by atoms with Crippen LogP contribution in [0.1, 0.15) is 20.7 Å². The van der Waals surface area contributed by atoms with E-state index < -0.39 is 11.8 Å². The first kappa shape index (κ1) is 15.6. The molecule has 1 aliphatic heterocycles. The lowest BCUT2D eigenvalue weighted by Gasteiger charge is -2.06. The van der Waals surface area contributed by atoms with E-state index in [0.29, 0.717) is 9.21 Å². The molecule has 4 rings (SSSR count). The summed E-state index contributed by atoms with van der Waals surface area (Å²) >= 11 is 18.9. The van der Waals surface area contributed by atoms with E-state index >= 15 is 0 Å². The number of rotatable bonds is 2. The summed E-state index contributed by atoms with van der Waals surface area (Å²) in [6, 6.07) is 5.84. The van der Waals surface area contributed by atoms with Gasteiger partial charge in [0, 0.05) is 0 Å². The lowest BCUT2D eigenvalue weighted by Crippen LogP contribution is -2.29. The Morgan fingerprint density at radius 3 is 2.12 bits per heavy atom. The lowest BCUT2D eigenvalue weighted by molar-refractivity contribution is 0.0919. The molecule has 0 spiro atoms. The molecule has 120 valence electrons. The standard InChI is InChI=1S/C14H4Cl3N3O3S/c15-7-3-5-6(4-8(7)16)13(22)20(12(5)21)14-19-18-11(23-14)9-1-2-10(17)24-9/h1-4H. The molecule has 0 aliphatic carbocycles. The highest BCUT2D eigenvalue weighted by molar-refractivity contribution is 7.19. The molecule has 2 aromatic heterocycles. The summed E-state index contributed by atoms with van der Waals surface area (Å²) in [5, 5.41) is 7.98. The summed E-state index contributed by atoms with van der Waals surface area (Å²) in [7, 11) is 0. The van der Waals surface area contributed by atoms with Gasteiger partial charge in [0.25, 0.3) is 17.7 Å². The Bertz CT molecular complexity index is 973.